The Morgan fingerprint density at radius 2 is 2.28 bits per heavy atom. The van der Waals surface area contributed by atoms with Gasteiger partial charge in [-0.25, -0.2) is 4.98 Å². The van der Waals surface area contributed by atoms with Crippen LogP contribution < -0.4 is 0 Å². The van der Waals surface area contributed by atoms with Crippen LogP contribution in [0.25, 0.3) is 0 Å². The molecule has 1 aliphatic heterocycles. The SMILES string of the molecule is Cc1csc(CC(=O)CC2CN(C)CCN2C)n1. The molecule has 2 rings (SSSR count). The molecule has 100 valence electrons. The van der Waals surface area contributed by atoms with E-state index in [0.717, 1.165) is 30.3 Å². The van der Waals surface area contributed by atoms with Crippen LogP contribution >= 0.6 is 11.3 Å². The van der Waals surface area contributed by atoms with E-state index in [1.165, 1.54) is 0 Å². The number of aromatic nitrogens is 1. The number of carbonyl (C=O) groups excluding carboxylic acids is 1. The maximum atomic E-state index is 12.1. The second kappa shape index (κ2) is 5.91. The Balaban J connectivity index is 1.86. The minimum atomic E-state index is 0.302. The number of hydrogen-bond acceptors (Lipinski definition) is 5. The lowest BCUT2D eigenvalue weighted by atomic mass is 10.0. The van der Waals surface area contributed by atoms with Crippen LogP contribution in [-0.4, -0.2) is 60.3 Å². The number of rotatable bonds is 4. The van der Waals surface area contributed by atoms with Gasteiger partial charge < -0.3 is 9.80 Å². The molecule has 1 unspecified atom stereocenters. The molecule has 2 heterocycles. The van der Waals surface area contributed by atoms with Crippen LogP contribution in [0.15, 0.2) is 5.38 Å². The van der Waals surface area contributed by atoms with Crippen molar-refractivity contribution < 1.29 is 4.79 Å². The Hall–Kier alpha value is -0.780. The number of piperazine rings is 1. The summed E-state index contributed by atoms with van der Waals surface area (Å²) in [5, 5.41) is 2.95. The smallest absolute Gasteiger partial charge is 0.141 e. The molecule has 18 heavy (non-hydrogen) atoms. The van der Waals surface area contributed by atoms with Crippen molar-refractivity contribution in [2.24, 2.45) is 0 Å². The monoisotopic (exact) mass is 267 g/mol. The van der Waals surface area contributed by atoms with Crippen molar-refractivity contribution in [2.75, 3.05) is 33.7 Å². The number of hydrogen-bond donors (Lipinski definition) is 0. The van der Waals surface area contributed by atoms with Gasteiger partial charge in [-0.3, -0.25) is 4.79 Å². The van der Waals surface area contributed by atoms with Crippen molar-refractivity contribution >= 4 is 17.1 Å². The molecule has 0 bridgehead atoms. The molecule has 4 nitrogen and oxygen atoms in total. The fraction of sp³-hybridized carbons (Fsp3) is 0.692. The first-order valence-corrected chi connectivity index (χ1v) is 7.24. The van der Waals surface area contributed by atoms with Crippen LogP contribution in [0, 0.1) is 6.92 Å². The van der Waals surface area contributed by atoms with Gasteiger partial charge in [-0.2, -0.15) is 0 Å². The molecule has 1 aliphatic rings. The van der Waals surface area contributed by atoms with Crippen molar-refractivity contribution in [3.8, 4) is 0 Å². The molecule has 5 heteroatoms. The predicted octanol–water partition coefficient (Wildman–Crippen LogP) is 1.20. The van der Waals surface area contributed by atoms with E-state index in [2.05, 4.69) is 28.9 Å². The maximum absolute atomic E-state index is 12.1. The van der Waals surface area contributed by atoms with Gasteiger partial charge in [-0.1, -0.05) is 0 Å². The summed E-state index contributed by atoms with van der Waals surface area (Å²) >= 11 is 1.59. The van der Waals surface area contributed by atoms with Crippen molar-refractivity contribution in [3.63, 3.8) is 0 Å². The Morgan fingerprint density at radius 3 is 2.94 bits per heavy atom. The fourth-order valence-corrected chi connectivity index (χ4v) is 3.11. The fourth-order valence-electron chi connectivity index (χ4n) is 2.31. The number of Topliss-reactive ketones (excluding diaryl/α,β-unsaturated/α-hetero) is 1. The van der Waals surface area contributed by atoms with Gasteiger partial charge in [0.15, 0.2) is 0 Å². The quantitative estimate of drug-likeness (QED) is 0.821. The Morgan fingerprint density at radius 1 is 1.50 bits per heavy atom. The van der Waals surface area contributed by atoms with Crippen LogP contribution in [0.1, 0.15) is 17.1 Å². The number of aryl methyl sites for hydroxylation is 1. The first kappa shape index (κ1) is 13.6. The van der Waals surface area contributed by atoms with Crippen LogP contribution in [0.5, 0.6) is 0 Å². The minimum absolute atomic E-state index is 0.302. The van der Waals surface area contributed by atoms with Gasteiger partial charge in [0, 0.05) is 43.2 Å². The van der Waals surface area contributed by atoms with E-state index in [4.69, 9.17) is 0 Å². The molecule has 0 N–H and O–H groups in total. The third kappa shape index (κ3) is 3.60. The molecule has 1 saturated heterocycles. The predicted molar refractivity (Wildman–Crippen MR) is 74.1 cm³/mol. The van der Waals surface area contributed by atoms with Gasteiger partial charge in [-0.15, -0.1) is 11.3 Å². The van der Waals surface area contributed by atoms with Crippen molar-refractivity contribution in [2.45, 2.75) is 25.8 Å². The summed E-state index contributed by atoms with van der Waals surface area (Å²) in [5.74, 6) is 0.302. The maximum Gasteiger partial charge on any atom is 0.141 e. The normalized spacial score (nSPS) is 22.3. The molecule has 1 aromatic heterocycles. The summed E-state index contributed by atoms with van der Waals surface area (Å²) < 4.78 is 0. The van der Waals surface area contributed by atoms with Crippen molar-refractivity contribution in [1.82, 2.24) is 14.8 Å². The van der Waals surface area contributed by atoms with Gasteiger partial charge in [0.25, 0.3) is 0 Å². The molecule has 0 aliphatic carbocycles. The Kier molecular flexibility index (Phi) is 4.48. The molecular weight excluding hydrogens is 246 g/mol. The molecular formula is C13H21N3OS. The summed E-state index contributed by atoms with van der Waals surface area (Å²) in [7, 11) is 4.23. The minimum Gasteiger partial charge on any atom is -0.304 e. The highest BCUT2D eigenvalue weighted by Gasteiger charge is 2.24. The zero-order chi connectivity index (χ0) is 13.1. The average Bonchev–Trinajstić information content (AvgIpc) is 2.69. The second-order valence-corrected chi connectivity index (χ2v) is 6.14. The Labute approximate surface area is 113 Å². The van der Waals surface area contributed by atoms with E-state index in [1.54, 1.807) is 11.3 Å². The molecule has 0 radical (unpaired) electrons. The summed E-state index contributed by atoms with van der Waals surface area (Å²) in [6.45, 7) is 5.09. The average molecular weight is 267 g/mol. The lowest BCUT2D eigenvalue weighted by Crippen LogP contribution is -2.50. The van der Waals surface area contributed by atoms with Crippen LogP contribution in [0.2, 0.25) is 0 Å². The lowest BCUT2D eigenvalue weighted by Gasteiger charge is -2.37. The van der Waals surface area contributed by atoms with Gasteiger partial charge in [0.1, 0.15) is 10.8 Å². The Bertz CT molecular complexity index is 418. The van der Waals surface area contributed by atoms with Gasteiger partial charge in [0.05, 0.1) is 6.42 Å². The second-order valence-electron chi connectivity index (χ2n) is 5.20. The summed E-state index contributed by atoms with van der Waals surface area (Å²) in [6.07, 6.45) is 1.13. The number of nitrogens with zero attached hydrogens (tertiary/aromatic N) is 3. The summed E-state index contributed by atoms with van der Waals surface area (Å²) in [5.41, 5.74) is 1.01. The largest absolute Gasteiger partial charge is 0.304 e. The molecule has 1 aromatic rings. The molecule has 0 saturated carbocycles. The first-order chi connectivity index (χ1) is 8.54. The number of carbonyl (C=O) groups is 1. The highest BCUT2D eigenvalue weighted by molar-refractivity contribution is 7.09. The van der Waals surface area contributed by atoms with E-state index in [-0.39, 0.29) is 0 Å². The van der Waals surface area contributed by atoms with Crippen LogP contribution in [0.4, 0.5) is 0 Å². The highest BCUT2D eigenvalue weighted by Crippen LogP contribution is 2.14. The van der Waals surface area contributed by atoms with E-state index in [1.807, 2.05) is 12.3 Å². The van der Waals surface area contributed by atoms with Crippen LogP contribution in [-0.2, 0) is 11.2 Å². The van der Waals surface area contributed by atoms with E-state index in [0.29, 0.717) is 24.7 Å². The van der Waals surface area contributed by atoms with Crippen LogP contribution in [0.3, 0.4) is 0 Å². The van der Waals surface area contributed by atoms with Gasteiger partial charge in [0.2, 0.25) is 0 Å². The number of ketones is 1. The standard InChI is InChI=1S/C13H21N3OS/c1-10-9-18-13(14-10)7-12(17)6-11-8-15(2)4-5-16(11)3/h9,11H,4-8H2,1-3H3. The lowest BCUT2D eigenvalue weighted by molar-refractivity contribution is -0.120. The molecule has 1 fully saturated rings. The van der Waals surface area contributed by atoms with E-state index in [9.17, 15) is 4.79 Å². The number of thiazole rings is 1. The van der Waals surface area contributed by atoms with E-state index < -0.39 is 0 Å². The zero-order valence-electron chi connectivity index (χ0n) is 11.3. The third-order valence-electron chi connectivity index (χ3n) is 3.46. The topological polar surface area (TPSA) is 36.4 Å². The zero-order valence-corrected chi connectivity index (χ0v) is 12.2. The van der Waals surface area contributed by atoms with Crippen molar-refractivity contribution in [3.05, 3.63) is 16.1 Å². The van der Waals surface area contributed by atoms with E-state index >= 15 is 0 Å². The third-order valence-corrected chi connectivity index (χ3v) is 4.43. The number of likely N-dealkylation sites (N-methyl/N-ethyl adjacent to an activating group) is 2. The molecule has 0 spiro atoms. The first-order valence-electron chi connectivity index (χ1n) is 6.36. The highest BCUT2D eigenvalue weighted by atomic mass is 32.1. The van der Waals surface area contributed by atoms with Crippen molar-refractivity contribution in [1.29, 1.82) is 0 Å². The van der Waals surface area contributed by atoms with Gasteiger partial charge >= 0.3 is 0 Å². The summed E-state index contributed by atoms with van der Waals surface area (Å²) in [6, 6.07) is 0.359. The molecule has 0 aromatic carbocycles. The molecule has 0 amide bonds. The van der Waals surface area contributed by atoms with Gasteiger partial charge in [-0.05, 0) is 21.0 Å². The summed E-state index contributed by atoms with van der Waals surface area (Å²) in [4.78, 5) is 21.0. The molecule has 1 atom stereocenters.